The summed E-state index contributed by atoms with van der Waals surface area (Å²) < 4.78 is 26.2. The zero-order valence-corrected chi connectivity index (χ0v) is 13.5. The van der Waals surface area contributed by atoms with Gasteiger partial charge in [-0.25, -0.2) is 8.78 Å². The molecule has 0 aliphatic rings. The van der Waals surface area contributed by atoms with E-state index in [-0.39, 0.29) is 18.2 Å². The van der Waals surface area contributed by atoms with Gasteiger partial charge in [-0.1, -0.05) is 12.1 Å². The van der Waals surface area contributed by atoms with Crippen molar-refractivity contribution < 1.29 is 18.4 Å². The monoisotopic (exact) mass is 350 g/mol. The number of benzene rings is 2. The van der Waals surface area contributed by atoms with E-state index in [0.29, 0.717) is 22.4 Å². The quantitative estimate of drug-likeness (QED) is 0.754. The maximum atomic E-state index is 13.1. The van der Waals surface area contributed by atoms with Gasteiger partial charge in [0.2, 0.25) is 5.91 Å². The summed E-state index contributed by atoms with van der Waals surface area (Å²) in [6, 6.07) is 10.1. The fraction of sp³-hybridized carbons (Fsp3) is 0.176. The molecule has 0 aliphatic heterocycles. The lowest BCUT2D eigenvalue weighted by molar-refractivity contribution is -0.115. The van der Waals surface area contributed by atoms with Gasteiger partial charge in [-0.05, 0) is 36.2 Å². The molecule has 2 aromatic rings. The molecule has 0 aromatic heterocycles. The van der Waals surface area contributed by atoms with Crippen molar-refractivity contribution in [1.29, 1.82) is 0 Å². The molecular formula is C17H16F2N2O2S. The highest BCUT2D eigenvalue weighted by atomic mass is 32.2. The Morgan fingerprint density at radius 2 is 1.75 bits per heavy atom. The third kappa shape index (κ3) is 5.34. The summed E-state index contributed by atoms with van der Waals surface area (Å²) in [5.74, 6) is -2.01. The van der Waals surface area contributed by atoms with E-state index in [0.717, 1.165) is 6.07 Å². The number of amides is 2. The standard InChI is InChI=1S/C17H16F2N2O2S/c18-12-7-11(8-13(19)9-12)5-6-21-17(23)14-3-1-2-4-15(14)24-10-16(20)22/h1-4,7-9H,5-6,10H2,(H2,20,22)(H,21,23). The first-order valence-corrected chi connectivity index (χ1v) is 8.17. The molecule has 0 spiro atoms. The normalized spacial score (nSPS) is 10.4. The number of carbonyl (C=O) groups excluding carboxylic acids is 2. The Morgan fingerprint density at radius 3 is 2.42 bits per heavy atom. The zero-order valence-electron chi connectivity index (χ0n) is 12.7. The van der Waals surface area contributed by atoms with Crippen LogP contribution in [0.3, 0.4) is 0 Å². The molecule has 4 nitrogen and oxygen atoms in total. The molecule has 0 fully saturated rings. The molecule has 2 rings (SSSR count). The zero-order chi connectivity index (χ0) is 17.5. The summed E-state index contributed by atoms with van der Waals surface area (Å²) in [5.41, 5.74) is 6.00. The summed E-state index contributed by atoms with van der Waals surface area (Å²) in [4.78, 5) is 23.8. The molecule has 0 bridgehead atoms. The van der Waals surface area contributed by atoms with E-state index < -0.39 is 17.5 Å². The molecule has 0 aliphatic carbocycles. The molecule has 2 aromatic carbocycles. The average molecular weight is 350 g/mol. The van der Waals surface area contributed by atoms with Crippen molar-refractivity contribution in [1.82, 2.24) is 5.32 Å². The van der Waals surface area contributed by atoms with Gasteiger partial charge in [0.05, 0.1) is 11.3 Å². The third-order valence-electron chi connectivity index (χ3n) is 3.12. The van der Waals surface area contributed by atoms with Crippen LogP contribution in [0.15, 0.2) is 47.4 Å². The van der Waals surface area contributed by atoms with Gasteiger partial charge in [-0.15, -0.1) is 11.8 Å². The van der Waals surface area contributed by atoms with Crippen LogP contribution in [0.4, 0.5) is 8.78 Å². The van der Waals surface area contributed by atoms with E-state index in [1.807, 2.05) is 0 Å². The predicted molar refractivity (Wildman–Crippen MR) is 88.8 cm³/mol. The van der Waals surface area contributed by atoms with E-state index in [2.05, 4.69) is 5.32 Å². The van der Waals surface area contributed by atoms with E-state index in [9.17, 15) is 18.4 Å². The Kier molecular flexibility index (Phi) is 6.31. The van der Waals surface area contributed by atoms with Crippen molar-refractivity contribution in [2.45, 2.75) is 11.3 Å². The van der Waals surface area contributed by atoms with Gasteiger partial charge in [0.25, 0.3) is 5.91 Å². The molecule has 0 radical (unpaired) electrons. The number of hydrogen-bond acceptors (Lipinski definition) is 3. The van der Waals surface area contributed by atoms with E-state index in [1.54, 1.807) is 24.3 Å². The molecule has 2 amide bonds. The van der Waals surface area contributed by atoms with Gasteiger partial charge in [-0.2, -0.15) is 0 Å². The average Bonchev–Trinajstić information content (AvgIpc) is 2.52. The molecule has 0 saturated heterocycles. The number of hydrogen-bond donors (Lipinski definition) is 2. The number of nitrogens with one attached hydrogen (secondary N) is 1. The lowest BCUT2D eigenvalue weighted by atomic mass is 10.1. The van der Waals surface area contributed by atoms with Crippen LogP contribution in [-0.2, 0) is 11.2 Å². The molecule has 0 saturated carbocycles. The summed E-state index contributed by atoms with van der Waals surface area (Å²) in [5, 5.41) is 2.70. The van der Waals surface area contributed by atoms with E-state index in [4.69, 9.17) is 5.73 Å². The highest BCUT2D eigenvalue weighted by Crippen LogP contribution is 2.22. The minimum absolute atomic E-state index is 0.0763. The number of nitrogens with two attached hydrogens (primary N) is 1. The Hall–Kier alpha value is -2.41. The second-order valence-corrected chi connectivity index (χ2v) is 6.05. The van der Waals surface area contributed by atoms with E-state index >= 15 is 0 Å². The van der Waals surface area contributed by atoms with Crippen LogP contribution >= 0.6 is 11.8 Å². The number of halogens is 2. The van der Waals surface area contributed by atoms with Crippen molar-refractivity contribution in [3.63, 3.8) is 0 Å². The van der Waals surface area contributed by atoms with Crippen LogP contribution in [0, 0.1) is 11.6 Å². The largest absolute Gasteiger partial charge is 0.369 e. The first kappa shape index (κ1) is 17.9. The topological polar surface area (TPSA) is 72.2 Å². The molecule has 24 heavy (non-hydrogen) atoms. The summed E-state index contributed by atoms with van der Waals surface area (Å²) >= 11 is 1.18. The molecule has 126 valence electrons. The van der Waals surface area contributed by atoms with Gasteiger partial charge < -0.3 is 11.1 Å². The second-order valence-electron chi connectivity index (χ2n) is 5.03. The molecule has 0 heterocycles. The van der Waals surface area contributed by atoms with Crippen molar-refractivity contribution in [3.05, 3.63) is 65.2 Å². The van der Waals surface area contributed by atoms with Crippen LogP contribution in [0.5, 0.6) is 0 Å². The van der Waals surface area contributed by atoms with Crippen molar-refractivity contribution in [3.8, 4) is 0 Å². The van der Waals surface area contributed by atoms with Crippen molar-refractivity contribution in [2.75, 3.05) is 12.3 Å². The molecule has 0 unspecified atom stereocenters. The SMILES string of the molecule is NC(=O)CSc1ccccc1C(=O)NCCc1cc(F)cc(F)c1. The van der Waals surface area contributed by atoms with Crippen LogP contribution in [0.2, 0.25) is 0 Å². The van der Waals surface area contributed by atoms with Crippen LogP contribution in [-0.4, -0.2) is 24.1 Å². The van der Waals surface area contributed by atoms with Gasteiger partial charge >= 0.3 is 0 Å². The van der Waals surface area contributed by atoms with Gasteiger partial charge in [-0.3, -0.25) is 9.59 Å². The first-order chi connectivity index (χ1) is 11.5. The summed E-state index contributed by atoms with van der Waals surface area (Å²) in [7, 11) is 0. The molecule has 0 atom stereocenters. The molecular weight excluding hydrogens is 334 g/mol. The maximum Gasteiger partial charge on any atom is 0.252 e. The first-order valence-electron chi connectivity index (χ1n) is 7.19. The highest BCUT2D eigenvalue weighted by Gasteiger charge is 2.12. The van der Waals surface area contributed by atoms with Crippen molar-refractivity contribution in [2.24, 2.45) is 5.73 Å². The van der Waals surface area contributed by atoms with Crippen molar-refractivity contribution >= 4 is 23.6 Å². The molecule has 3 N–H and O–H groups in total. The molecule has 7 heteroatoms. The lowest BCUT2D eigenvalue weighted by Gasteiger charge is -2.09. The number of rotatable bonds is 7. The Balaban J connectivity index is 1.96. The van der Waals surface area contributed by atoms with Gasteiger partial charge in [0, 0.05) is 17.5 Å². The van der Waals surface area contributed by atoms with Crippen LogP contribution in [0.1, 0.15) is 15.9 Å². The predicted octanol–water partition coefficient (Wildman–Crippen LogP) is 2.51. The maximum absolute atomic E-state index is 13.1. The lowest BCUT2D eigenvalue weighted by Crippen LogP contribution is -2.26. The van der Waals surface area contributed by atoms with E-state index in [1.165, 1.54) is 23.9 Å². The summed E-state index contributed by atoms with van der Waals surface area (Å²) in [6.07, 6.45) is 0.303. The summed E-state index contributed by atoms with van der Waals surface area (Å²) in [6.45, 7) is 0.233. The Bertz CT molecular complexity index is 733. The Morgan fingerprint density at radius 1 is 1.08 bits per heavy atom. The minimum atomic E-state index is -0.649. The fourth-order valence-corrected chi connectivity index (χ4v) is 2.89. The van der Waals surface area contributed by atoms with Gasteiger partial charge in [0.15, 0.2) is 0 Å². The smallest absolute Gasteiger partial charge is 0.252 e. The second kappa shape index (κ2) is 8.44. The highest BCUT2D eigenvalue weighted by molar-refractivity contribution is 8.00. The fourth-order valence-electron chi connectivity index (χ4n) is 2.10. The minimum Gasteiger partial charge on any atom is -0.369 e. The van der Waals surface area contributed by atoms with Gasteiger partial charge in [0.1, 0.15) is 11.6 Å². The number of carbonyl (C=O) groups is 2. The Labute approximate surface area is 142 Å². The van der Waals surface area contributed by atoms with Crippen LogP contribution in [0.25, 0.3) is 0 Å². The number of primary amides is 1. The third-order valence-corrected chi connectivity index (χ3v) is 4.22. The van der Waals surface area contributed by atoms with Crippen LogP contribution < -0.4 is 11.1 Å². The number of thioether (sulfide) groups is 1.